The van der Waals surface area contributed by atoms with Gasteiger partial charge in [-0.25, -0.2) is 4.79 Å². The second-order valence-corrected chi connectivity index (χ2v) is 3.76. The van der Waals surface area contributed by atoms with Crippen molar-refractivity contribution in [2.75, 3.05) is 7.11 Å². The molecule has 0 radical (unpaired) electrons. The summed E-state index contributed by atoms with van der Waals surface area (Å²) in [4.78, 5) is 21.9. The first-order valence-corrected chi connectivity index (χ1v) is 5.30. The monoisotopic (exact) mass is 253 g/mol. The number of aliphatic carboxylic acids is 1. The number of benzene rings is 1. The number of phenolic OH excluding ortho intramolecular Hbond substituents is 1. The Morgan fingerprint density at radius 1 is 1.44 bits per heavy atom. The third kappa shape index (κ3) is 3.38. The average Bonchev–Trinajstić information content (AvgIpc) is 2.30. The molecule has 0 spiro atoms. The summed E-state index contributed by atoms with van der Waals surface area (Å²) < 4.78 is 4.92. The highest BCUT2D eigenvalue weighted by Crippen LogP contribution is 2.30. The lowest BCUT2D eigenvalue weighted by atomic mass is 10.0. The van der Waals surface area contributed by atoms with E-state index in [-0.39, 0.29) is 17.9 Å². The van der Waals surface area contributed by atoms with Gasteiger partial charge in [0.25, 0.3) is 0 Å². The molecular formula is C12H15NO5. The quantitative estimate of drug-likeness (QED) is 0.711. The van der Waals surface area contributed by atoms with Gasteiger partial charge in [-0.1, -0.05) is 12.1 Å². The van der Waals surface area contributed by atoms with Crippen LogP contribution in [0.2, 0.25) is 0 Å². The van der Waals surface area contributed by atoms with Crippen molar-refractivity contribution in [2.45, 2.75) is 19.4 Å². The Kier molecular flexibility index (Phi) is 4.53. The van der Waals surface area contributed by atoms with Crippen LogP contribution in [0.4, 0.5) is 0 Å². The highest BCUT2D eigenvalue weighted by molar-refractivity contribution is 5.82. The number of hydrogen-bond acceptors (Lipinski definition) is 4. The molecule has 0 fully saturated rings. The molecule has 1 aromatic rings. The standard InChI is InChI=1S/C12H15NO5/c1-7(14)13-9(12(16)17)6-8-4-3-5-10(18-2)11(8)15/h3-5,9,15H,6H2,1-2H3,(H,13,14)(H,16,17). The van der Waals surface area contributed by atoms with E-state index in [1.165, 1.54) is 14.0 Å². The maximum Gasteiger partial charge on any atom is 0.326 e. The first-order valence-electron chi connectivity index (χ1n) is 5.30. The lowest BCUT2D eigenvalue weighted by molar-refractivity contribution is -0.141. The number of aromatic hydroxyl groups is 1. The lowest BCUT2D eigenvalue weighted by Crippen LogP contribution is -2.41. The van der Waals surface area contributed by atoms with Crippen LogP contribution < -0.4 is 10.1 Å². The predicted molar refractivity (Wildman–Crippen MR) is 63.6 cm³/mol. The fourth-order valence-corrected chi connectivity index (χ4v) is 1.56. The molecule has 0 heterocycles. The van der Waals surface area contributed by atoms with Gasteiger partial charge in [-0.2, -0.15) is 0 Å². The zero-order valence-electron chi connectivity index (χ0n) is 10.1. The van der Waals surface area contributed by atoms with E-state index in [0.717, 1.165) is 0 Å². The molecule has 1 aromatic carbocycles. The Labute approximate surface area is 104 Å². The summed E-state index contributed by atoms with van der Waals surface area (Å²) >= 11 is 0. The van der Waals surface area contributed by atoms with Crippen LogP contribution in [0.25, 0.3) is 0 Å². The number of para-hydroxylation sites is 1. The molecular weight excluding hydrogens is 238 g/mol. The number of carboxylic acids is 1. The Morgan fingerprint density at radius 2 is 2.11 bits per heavy atom. The zero-order chi connectivity index (χ0) is 13.7. The molecule has 0 bridgehead atoms. The summed E-state index contributed by atoms with van der Waals surface area (Å²) in [6, 6.07) is 3.70. The van der Waals surface area contributed by atoms with E-state index in [2.05, 4.69) is 5.32 Å². The van der Waals surface area contributed by atoms with Gasteiger partial charge < -0.3 is 20.3 Å². The Hall–Kier alpha value is -2.24. The Morgan fingerprint density at radius 3 is 2.61 bits per heavy atom. The Balaban J connectivity index is 2.93. The van der Waals surface area contributed by atoms with Crippen molar-refractivity contribution in [3.8, 4) is 11.5 Å². The van der Waals surface area contributed by atoms with Crippen molar-refractivity contribution in [1.29, 1.82) is 0 Å². The van der Waals surface area contributed by atoms with E-state index in [4.69, 9.17) is 9.84 Å². The first kappa shape index (κ1) is 13.8. The van der Waals surface area contributed by atoms with Crippen LogP contribution in [-0.2, 0) is 16.0 Å². The number of carbonyl (C=O) groups excluding carboxylic acids is 1. The van der Waals surface area contributed by atoms with Crippen LogP contribution in [0.15, 0.2) is 18.2 Å². The van der Waals surface area contributed by atoms with Crippen molar-refractivity contribution in [2.24, 2.45) is 0 Å². The van der Waals surface area contributed by atoms with Crippen molar-refractivity contribution in [3.63, 3.8) is 0 Å². The minimum Gasteiger partial charge on any atom is -0.504 e. The number of rotatable bonds is 5. The van der Waals surface area contributed by atoms with Crippen LogP contribution in [-0.4, -0.2) is 35.2 Å². The van der Waals surface area contributed by atoms with Crippen LogP contribution in [0.1, 0.15) is 12.5 Å². The number of carboxylic acid groups (broad SMARTS) is 1. The fourth-order valence-electron chi connectivity index (χ4n) is 1.56. The highest BCUT2D eigenvalue weighted by atomic mass is 16.5. The van der Waals surface area contributed by atoms with Gasteiger partial charge in [0.05, 0.1) is 7.11 Å². The van der Waals surface area contributed by atoms with Crippen molar-refractivity contribution >= 4 is 11.9 Å². The summed E-state index contributed by atoms with van der Waals surface area (Å²) in [5, 5.41) is 21.1. The molecule has 18 heavy (non-hydrogen) atoms. The summed E-state index contributed by atoms with van der Waals surface area (Å²) in [7, 11) is 1.40. The molecule has 1 unspecified atom stereocenters. The van der Waals surface area contributed by atoms with Gasteiger partial charge in [-0.15, -0.1) is 0 Å². The normalized spacial score (nSPS) is 11.7. The second kappa shape index (κ2) is 5.90. The molecule has 0 saturated heterocycles. The predicted octanol–water partition coefficient (Wildman–Crippen LogP) is 0.533. The minimum atomic E-state index is -1.16. The maximum absolute atomic E-state index is 11.0. The third-order valence-corrected chi connectivity index (χ3v) is 2.40. The SMILES string of the molecule is COc1cccc(CC(NC(C)=O)C(=O)O)c1O. The van der Waals surface area contributed by atoms with Crippen LogP contribution in [0.5, 0.6) is 11.5 Å². The van der Waals surface area contributed by atoms with E-state index in [1.54, 1.807) is 18.2 Å². The highest BCUT2D eigenvalue weighted by Gasteiger charge is 2.21. The topological polar surface area (TPSA) is 95.9 Å². The zero-order valence-corrected chi connectivity index (χ0v) is 10.1. The number of nitrogens with one attached hydrogen (secondary N) is 1. The largest absolute Gasteiger partial charge is 0.504 e. The number of ether oxygens (including phenoxy) is 1. The van der Waals surface area contributed by atoms with Crippen LogP contribution >= 0.6 is 0 Å². The summed E-state index contributed by atoms with van der Waals surface area (Å²) in [5.41, 5.74) is 0.399. The van der Waals surface area contributed by atoms with Gasteiger partial charge in [0.1, 0.15) is 6.04 Å². The van der Waals surface area contributed by atoms with Gasteiger partial charge in [-0.3, -0.25) is 4.79 Å². The number of phenols is 1. The average molecular weight is 253 g/mol. The molecule has 6 heteroatoms. The van der Waals surface area contributed by atoms with Crippen LogP contribution in [0, 0.1) is 0 Å². The Bertz CT molecular complexity index is 458. The minimum absolute atomic E-state index is 0.0159. The molecule has 0 saturated carbocycles. The van der Waals surface area contributed by atoms with Gasteiger partial charge in [0, 0.05) is 18.9 Å². The molecule has 6 nitrogen and oxygen atoms in total. The maximum atomic E-state index is 11.0. The van der Waals surface area contributed by atoms with Crippen LogP contribution in [0.3, 0.4) is 0 Å². The van der Waals surface area contributed by atoms with E-state index in [0.29, 0.717) is 5.56 Å². The van der Waals surface area contributed by atoms with Gasteiger partial charge in [0.2, 0.25) is 5.91 Å². The number of amides is 1. The first-order chi connectivity index (χ1) is 8.45. The van der Waals surface area contributed by atoms with Gasteiger partial charge >= 0.3 is 5.97 Å². The lowest BCUT2D eigenvalue weighted by Gasteiger charge is -2.15. The van der Waals surface area contributed by atoms with Crippen molar-refractivity contribution in [3.05, 3.63) is 23.8 Å². The summed E-state index contributed by atoms with van der Waals surface area (Å²) in [5.74, 6) is -1.45. The van der Waals surface area contributed by atoms with E-state index in [1.807, 2.05) is 0 Å². The number of methoxy groups -OCH3 is 1. The molecule has 1 atom stereocenters. The van der Waals surface area contributed by atoms with Crippen molar-refractivity contribution in [1.82, 2.24) is 5.32 Å². The molecule has 98 valence electrons. The van der Waals surface area contributed by atoms with E-state index in [9.17, 15) is 14.7 Å². The molecule has 0 aliphatic carbocycles. The molecule has 0 aliphatic rings. The molecule has 3 N–H and O–H groups in total. The van der Waals surface area contributed by atoms with Gasteiger partial charge in [0.15, 0.2) is 11.5 Å². The summed E-state index contributed by atoms with van der Waals surface area (Å²) in [6.07, 6.45) is -0.0159. The van der Waals surface area contributed by atoms with E-state index >= 15 is 0 Å². The smallest absolute Gasteiger partial charge is 0.326 e. The number of carbonyl (C=O) groups is 2. The second-order valence-electron chi connectivity index (χ2n) is 3.76. The van der Waals surface area contributed by atoms with Gasteiger partial charge in [-0.05, 0) is 6.07 Å². The molecule has 1 rings (SSSR count). The fraction of sp³-hybridized carbons (Fsp3) is 0.333. The molecule has 0 aliphatic heterocycles. The summed E-state index contributed by atoms with van der Waals surface area (Å²) in [6.45, 7) is 1.24. The van der Waals surface area contributed by atoms with E-state index < -0.39 is 17.9 Å². The third-order valence-electron chi connectivity index (χ3n) is 2.40. The number of hydrogen-bond donors (Lipinski definition) is 3. The molecule has 0 aromatic heterocycles. The van der Waals surface area contributed by atoms with Crippen molar-refractivity contribution < 1.29 is 24.5 Å². The molecule has 1 amide bonds.